The number of ether oxygens (including phenoxy) is 1. The zero-order chi connectivity index (χ0) is 14.5. The summed E-state index contributed by atoms with van der Waals surface area (Å²) in [6.45, 7) is 2.08. The number of alkyl halides is 1. The van der Waals surface area contributed by atoms with Crippen molar-refractivity contribution in [3.05, 3.63) is 64.2 Å². The molecule has 1 nitrogen and oxygen atoms in total. The molecular formula is C17H18Cl2O. The Morgan fingerprint density at radius 3 is 2.40 bits per heavy atom. The van der Waals surface area contributed by atoms with Crippen molar-refractivity contribution in [1.82, 2.24) is 0 Å². The number of benzene rings is 2. The number of halogens is 2. The van der Waals surface area contributed by atoms with Gasteiger partial charge in [-0.1, -0.05) is 41.4 Å². The third-order valence-electron chi connectivity index (χ3n) is 3.43. The fraction of sp³-hybridized carbons (Fsp3) is 0.294. The lowest BCUT2D eigenvalue weighted by atomic mass is 9.92. The van der Waals surface area contributed by atoms with Crippen LogP contribution in [-0.4, -0.2) is 13.0 Å². The van der Waals surface area contributed by atoms with E-state index in [2.05, 4.69) is 19.1 Å². The summed E-state index contributed by atoms with van der Waals surface area (Å²) in [6, 6.07) is 14.1. The SMILES string of the molecule is COc1ccc(C)cc1CC(CCl)c1ccc(Cl)cc1. The molecule has 0 aliphatic rings. The van der Waals surface area contributed by atoms with Gasteiger partial charge in [-0.2, -0.15) is 0 Å². The molecule has 2 aromatic rings. The minimum Gasteiger partial charge on any atom is -0.496 e. The summed E-state index contributed by atoms with van der Waals surface area (Å²) in [7, 11) is 1.70. The van der Waals surface area contributed by atoms with Gasteiger partial charge in [-0.15, -0.1) is 11.6 Å². The van der Waals surface area contributed by atoms with Crippen molar-refractivity contribution in [3.63, 3.8) is 0 Å². The van der Waals surface area contributed by atoms with Crippen LogP contribution in [-0.2, 0) is 6.42 Å². The van der Waals surface area contributed by atoms with E-state index in [9.17, 15) is 0 Å². The zero-order valence-corrected chi connectivity index (χ0v) is 13.2. The van der Waals surface area contributed by atoms with Crippen LogP contribution in [0.15, 0.2) is 42.5 Å². The number of methoxy groups -OCH3 is 1. The monoisotopic (exact) mass is 308 g/mol. The highest BCUT2D eigenvalue weighted by Gasteiger charge is 2.14. The molecule has 20 heavy (non-hydrogen) atoms. The highest BCUT2D eigenvalue weighted by Crippen LogP contribution is 2.29. The van der Waals surface area contributed by atoms with E-state index in [0.29, 0.717) is 5.88 Å². The van der Waals surface area contributed by atoms with E-state index in [-0.39, 0.29) is 5.92 Å². The standard InChI is InChI=1S/C17H18Cl2O/c1-12-3-8-17(20-2)14(9-12)10-15(11-18)13-4-6-16(19)7-5-13/h3-9,15H,10-11H2,1-2H3. The van der Waals surface area contributed by atoms with Crippen molar-refractivity contribution < 1.29 is 4.74 Å². The van der Waals surface area contributed by atoms with Crippen LogP contribution < -0.4 is 4.74 Å². The van der Waals surface area contributed by atoms with E-state index in [1.807, 2.05) is 30.3 Å². The minimum atomic E-state index is 0.254. The van der Waals surface area contributed by atoms with Gasteiger partial charge in [0.05, 0.1) is 7.11 Å². The molecule has 0 radical (unpaired) electrons. The van der Waals surface area contributed by atoms with Gasteiger partial charge < -0.3 is 4.74 Å². The molecule has 0 spiro atoms. The van der Waals surface area contributed by atoms with E-state index in [0.717, 1.165) is 17.2 Å². The van der Waals surface area contributed by atoms with Gasteiger partial charge in [0.25, 0.3) is 0 Å². The molecule has 0 aliphatic carbocycles. The summed E-state index contributed by atoms with van der Waals surface area (Å²) in [5.41, 5.74) is 3.62. The molecule has 0 heterocycles. The van der Waals surface area contributed by atoms with Crippen molar-refractivity contribution in [1.29, 1.82) is 0 Å². The first-order valence-electron chi connectivity index (χ1n) is 6.59. The lowest BCUT2D eigenvalue weighted by Crippen LogP contribution is -2.06. The molecule has 0 aromatic heterocycles. The van der Waals surface area contributed by atoms with Crippen LogP contribution in [0.2, 0.25) is 5.02 Å². The Bertz CT molecular complexity index is 564. The summed E-state index contributed by atoms with van der Waals surface area (Å²) < 4.78 is 5.44. The molecule has 0 saturated carbocycles. The van der Waals surface area contributed by atoms with Crippen LogP contribution in [0.1, 0.15) is 22.6 Å². The lowest BCUT2D eigenvalue weighted by molar-refractivity contribution is 0.408. The first kappa shape index (κ1) is 15.2. The number of rotatable bonds is 5. The van der Waals surface area contributed by atoms with Crippen LogP contribution in [0.25, 0.3) is 0 Å². The fourth-order valence-corrected chi connectivity index (χ4v) is 2.74. The average molecular weight is 309 g/mol. The van der Waals surface area contributed by atoms with Gasteiger partial charge >= 0.3 is 0 Å². The van der Waals surface area contributed by atoms with Gasteiger partial charge in [0, 0.05) is 16.8 Å². The maximum atomic E-state index is 6.15. The summed E-state index contributed by atoms with van der Waals surface area (Å²) in [5.74, 6) is 1.74. The molecule has 3 heteroatoms. The van der Waals surface area contributed by atoms with Crippen LogP contribution in [0.4, 0.5) is 0 Å². The molecule has 106 valence electrons. The van der Waals surface area contributed by atoms with E-state index in [1.165, 1.54) is 16.7 Å². The number of aryl methyl sites for hydroxylation is 1. The Labute approximate surface area is 130 Å². The van der Waals surface area contributed by atoms with Gasteiger partial charge in [0.15, 0.2) is 0 Å². The first-order valence-corrected chi connectivity index (χ1v) is 7.50. The summed E-state index contributed by atoms with van der Waals surface area (Å²) in [6.07, 6.45) is 0.857. The molecule has 0 N–H and O–H groups in total. The van der Waals surface area contributed by atoms with E-state index in [4.69, 9.17) is 27.9 Å². The second-order valence-corrected chi connectivity index (χ2v) is 5.67. The maximum absolute atomic E-state index is 6.15. The van der Waals surface area contributed by atoms with Gasteiger partial charge in [-0.05, 0) is 42.7 Å². The third kappa shape index (κ3) is 3.68. The maximum Gasteiger partial charge on any atom is 0.122 e. The molecule has 0 saturated heterocycles. The van der Waals surface area contributed by atoms with E-state index >= 15 is 0 Å². The molecular weight excluding hydrogens is 291 g/mol. The molecule has 2 aromatic carbocycles. The fourth-order valence-electron chi connectivity index (χ4n) is 2.33. The molecule has 0 aliphatic heterocycles. The topological polar surface area (TPSA) is 9.23 Å². The van der Waals surface area contributed by atoms with Crippen LogP contribution in [0.3, 0.4) is 0 Å². The highest BCUT2D eigenvalue weighted by atomic mass is 35.5. The summed E-state index contributed by atoms with van der Waals surface area (Å²) in [4.78, 5) is 0. The molecule has 0 fully saturated rings. The van der Waals surface area contributed by atoms with Crippen molar-refractivity contribution in [2.45, 2.75) is 19.3 Å². The van der Waals surface area contributed by atoms with E-state index < -0.39 is 0 Å². The molecule has 2 rings (SSSR count). The Balaban J connectivity index is 2.26. The summed E-state index contributed by atoms with van der Waals surface area (Å²) in [5, 5.41) is 0.746. The highest BCUT2D eigenvalue weighted by molar-refractivity contribution is 6.30. The second-order valence-electron chi connectivity index (χ2n) is 4.92. The molecule has 1 atom stereocenters. The molecule has 1 unspecified atom stereocenters. The van der Waals surface area contributed by atoms with Crippen LogP contribution in [0.5, 0.6) is 5.75 Å². The van der Waals surface area contributed by atoms with Crippen molar-refractivity contribution >= 4 is 23.2 Å². The minimum absolute atomic E-state index is 0.254. The Hall–Kier alpha value is -1.18. The molecule has 0 amide bonds. The second kappa shape index (κ2) is 7.01. The van der Waals surface area contributed by atoms with Gasteiger partial charge in [-0.25, -0.2) is 0 Å². The van der Waals surface area contributed by atoms with Crippen molar-refractivity contribution in [2.75, 3.05) is 13.0 Å². The predicted molar refractivity (Wildman–Crippen MR) is 86.3 cm³/mol. The van der Waals surface area contributed by atoms with Crippen LogP contribution >= 0.6 is 23.2 Å². The van der Waals surface area contributed by atoms with Gasteiger partial charge in [-0.3, -0.25) is 0 Å². The van der Waals surface area contributed by atoms with Crippen molar-refractivity contribution in [2.24, 2.45) is 0 Å². The summed E-state index contributed by atoms with van der Waals surface area (Å²) >= 11 is 12.1. The Kier molecular flexibility index (Phi) is 5.33. The first-order chi connectivity index (χ1) is 9.63. The predicted octanol–water partition coefficient (Wildman–Crippen LogP) is 5.22. The zero-order valence-electron chi connectivity index (χ0n) is 11.7. The Morgan fingerprint density at radius 1 is 1.10 bits per heavy atom. The Morgan fingerprint density at radius 2 is 1.80 bits per heavy atom. The smallest absolute Gasteiger partial charge is 0.122 e. The number of hydrogen-bond donors (Lipinski definition) is 0. The average Bonchev–Trinajstić information content (AvgIpc) is 2.46. The van der Waals surface area contributed by atoms with Crippen molar-refractivity contribution in [3.8, 4) is 5.75 Å². The van der Waals surface area contributed by atoms with E-state index in [1.54, 1.807) is 7.11 Å². The number of hydrogen-bond acceptors (Lipinski definition) is 1. The normalized spacial score (nSPS) is 12.2. The van der Waals surface area contributed by atoms with Gasteiger partial charge in [0.2, 0.25) is 0 Å². The largest absolute Gasteiger partial charge is 0.496 e. The van der Waals surface area contributed by atoms with Gasteiger partial charge in [0.1, 0.15) is 5.75 Å². The third-order valence-corrected chi connectivity index (χ3v) is 4.05. The lowest BCUT2D eigenvalue weighted by Gasteiger charge is -2.17. The molecule has 0 bridgehead atoms. The quantitative estimate of drug-likeness (QED) is 0.688. The van der Waals surface area contributed by atoms with Crippen LogP contribution in [0, 0.1) is 6.92 Å².